The van der Waals surface area contributed by atoms with Crippen LogP contribution in [-0.4, -0.2) is 34.5 Å². The van der Waals surface area contributed by atoms with Crippen LogP contribution in [0.3, 0.4) is 0 Å². The van der Waals surface area contributed by atoms with Crippen LogP contribution in [0.25, 0.3) is 0 Å². The number of nitrogens with zero attached hydrogens (tertiary/aromatic N) is 1. The van der Waals surface area contributed by atoms with E-state index in [4.69, 9.17) is 4.74 Å². The van der Waals surface area contributed by atoms with Gasteiger partial charge in [-0.1, -0.05) is 13.8 Å². The highest BCUT2D eigenvalue weighted by molar-refractivity contribution is 5.83. The molecule has 1 fully saturated rings. The van der Waals surface area contributed by atoms with Crippen molar-refractivity contribution in [3.8, 4) is 0 Å². The van der Waals surface area contributed by atoms with E-state index in [0.717, 1.165) is 12.8 Å². The van der Waals surface area contributed by atoms with Crippen molar-refractivity contribution in [2.45, 2.75) is 78.0 Å². The molecule has 0 radical (unpaired) electrons. The first kappa shape index (κ1) is 15.0. The number of piperidine rings is 1. The fraction of sp³-hybridized carbons (Fsp3) is 0.857. The number of ketones is 1. The number of ether oxygens (including phenoxy) is 1. The van der Waals surface area contributed by atoms with Gasteiger partial charge in [0.1, 0.15) is 11.4 Å². The highest BCUT2D eigenvalue weighted by Crippen LogP contribution is 2.26. The highest BCUT2D eigenvalue weighted by Gasteiger charge is 2.38. The summed E-state index contributed by atoms with van der Waals surface area (Å²) in [6.45, 7) is 9.60. The SMILES string of the molecule is CC[C@@H]1CC(=O)C[C@@H](CC)N1C(=O)OC(C)(C)C. The number of hydrogen-bond donors (Lipinski definition) is 0. The Labute approximate surface area is 110 Å². The molecule has 0 N–H and O–H groups in total. The van der Waals surface area contributed by atoms with Crippen LogP contribution < -0.4 is 0 Å². The zero-order chi connectivity index (χ0) is 13.9. The lowest BCUT2D eigenvalue weighted by atomic mass is 9.92. The monoisotopic (exact) mass is 255 g/mol. The maximum absolute atomic E-state index is 12.3. The van der Waals surface area contributed by atoms with Gasteiger partial charge in [-0.2, -0.15) is 0 Å². The standard InChI is InChI=1S/C14H25NO3/c1-6-10-8-12(16)9-11(7-2)15(10)13(17)18-14(3,4)5/h10-11H,6-9H2,1-5H3/t10-,11-/m1/s1. The third-order valence-electron chi connectivity index (χ3n) is 3.26. The molecule has 0 aliphatic carbocycles. The van der Waals surface area contributed by atoms with E-state index in [0.29, 0.717) is 12.8 Å². The lowest BCUT2D eigenvalue weighted by Gasteiger charge is -2.41. The lowest BCUT2D eigenvalue weighted by Crippen LogP contribution is -2.53. The average Bonchev–Trinajstić information content (AvgIpc) is 2.24. The summed E-state index contributed by atoms with van der Waals surface area (Å²) in [5.74, 6) is 0.258. The van der Waals surface area contributed by atoms with Crippen molar-refractivity contribution in [3.05, 3.63) is 0 Å². The largest absolute Gasteiger partial charge is 0.444 e. The van der Waals surface area contributed by atoms with Gasteiger partial charge in [-0.15, -0.1) is 0 Å². The molecule has 104 valence electrons. The molecule has 0 aromatic rings. The van der Waals surface area contributed by atoms with Crippen molar-refractivity contribution in [2.75, 3.05) is 0 Å². The van der Waals surface area contributed by atoms with Gasteiger partial charge in [0.15, 0.2) is 0 Å². The second-order valence-electron chi connectivity index (χ2n) is 5.96. The lowest BCUT2D eigenvalue weighted by molar-refractivity contribution is -0.125. The Morgan fingerprint density at radius 2 is 1.67 bits per heavy atom. The van der Waals surface area contributed by atoms with Crippen LogP contribution >= 0.6 is 0 Å². The number of likely N-dealkylation sites (tertiary alicyclic amines) is 1. The molecular weight excluding hydrogens is 230 g/mol. The maximum atomic E-state index is 12.3. The highest BCUT2D eigenvalue weighted by atomic mass is 16.6. The number of hydrogen-bond acceptors (Lipinski definition) is 3. The van der Waals surface area contributed by atoms with E-state index in [9.17, 15) is 9.59 Å². The summed E-state index contributed by atoms with van der Waals surface area (Å²) in [6.07, 6.45) is 2.23. The van der Waals surface area contributed by atoms with Gasteiger partial charge in [-0.25, -0.2) is 4.79 Å². The third kappa shape index (κ3) is 3.72. The first-order valence-corrected chi connectivity index (χ1v) is 6.81. The Morgan fingerprint density at radius 3 is 2.00 bits per heavy atom. The number of amides is 1. The molecule has 1 saturated heterocycles. The summed E-state index contributed by atoms with van der Waals surface area (Å²) < 4.78 is 5.45. The van der Waals surface area contributed by atoms with Gasteiger partial charge in [-0.3, -0.25) is 4.79 Å². The van der Waals surface area contributed by atoms with Gasteiger partial charge in [0, 0.05) is 24.9 Å². The molecule has 1 aliphatic heterocycles. The van der Waals surface area contributed by atoms with E-state index in [1.165, 1.54) is 0 Å². The quantitative estimate of drug-likeness (QED) is 0.761. The van der Waals surface area contributed by atoms with Gasteiger partial charge in [0.25, 0.3) is 0 Å². The van der Waals surface area contributed by atoms with Crippen molar-refractivity contribution in [2.24, 2.45) is 0 Å². The predicted molar refractivity (Wildman–Crippen MR) is 70.5 cm³/mol. The second kappa shape index (κ2) is 5.72. The molecule has 1 rings (SSSR count). The zero-order valence-electron chi connectivity index (χ0n) is 12.2. The van der Waals surface area contributed by atoms with Crippen molar-refractivity contribution in [3.63, 3.8) is 0 Å². The summed E-state index contributed by atoms with van der Waals surface area (Å²) in [5, 5.41) is 0. The zero-order valence-corrected chi connectivity index (χ0v) is 12.2. The Morgan fingerprint density at radius 1 is 1.22 bits per heavy atom. The van der Waals surface area contributed by atoms with Crippen LogP contribution in [0.15, 0.2) is 0 Å². The maximum Gasteiger partial charge on any atom is 0.410 e. The molecule has 18 heavy (non-hydrogen) atoms. The molecule has 0 unspecified atom stereocenters. The van der Waals surface area contributed by atoms with E-state index in [2.05, 4.69) is 0 Å². The summed E-state index contributed by atoms with van der Waals surface area (Å²) in [7, 11) is 0. The van der Waals surface area contributed by atoms with Crippen molar-refractivity contribution in [1.82, 2.24) is 4.90 Å². The summed E-state index contributed by atoms with van der Waals surface area (Å²) >= 11 is 0. The van der Waals surface area contributed by atoms with Crippen LogP contribution in [0.4, 0.5) is 4.79 Å². The van der Waals surface area contributed by atoms with Crippen LogP contribution in [0, 0.1) is 0 Å². The van der Waals surface area contributed by atoms with Crippen LogP contribution in [0.2, 0.25) is 0 Å². The van der Waals surface area contributed by atoms with Gasteiger partial charge < -0.3 is 9.64 Å². The Hall–Kier alpha value is -1.06. The fourth-order valence-corrected chi connectivity index (χ4v) is 2.40. The molecule has 1 aliphatic rings. The van der Waals surface area contributed by atoms with Crippen LogP contribution in [-0.2, 0) is 9.53 Å². The molecule has 0 bridgehead atoms. The number of carbonyl (C=O) groups excluding carboxylic acids is 2. The summed E-state index contributed by atoms with van der Waals surface area (Å²) in [6, 6.07) is -0.0166. The third-order valence-corrected chi connectivity index (χ3v) is 3.26. The van der Waals surface area contributed by atoms with Crippen LogP contribution in [0.1, 0.15) is 60.3 Å². The smallest absolute Gasteiger partial charge is 0.410 e. The molecule has 0 aromatic heterocycles. The number of carbonyl (C=O) groups is 2. The van der Waals surface area contributed by atoms with Gasteiger partial charge >= 0.3 is 6.09 Å². The van der Waals surface area contributed by atoms with E-state index in [1.54, 1.807) is 4.90 Å². The second-order valence-corrected chi connectivity index (χ2v) is 5.96. The van der Waals surface area contributed by atoms with E-state index >= 15 is 0 Å². The van der Waals surface area contributed by atoms with Crippen molar-refractivity contribution in [1.29, 1.82) is 0 Å². The minimum absolute atomic E-state index is 0.00829. The number of Topliss-reactive ketones (excluding diaryl/α,β-unsaturated/α-hetero) is 1. The van der Waals surface area contributed by atoms with E-state index in [1.807, 2.05) is 34.6 Å². The molecule has 4 nitrogen and oxygen atoms in total. The molecule has 0 spiro atoms. The van der Waals surface area contributed by atoms with E-state index < -0.39 is 5.60 Å². The topological polar surface area (TPSA) is 46.6 Å². The van der Waals surface area contributed by atoms with Crippen LogP contribution in [0.5, 0.6) is 0 Å². The van der Waals surface area contributed by atoms with Crippen molar-refractivity contribution < 1.29 is 14.3 Å². The molecule has 1 heterocycles. The molecule has 0 aromatic carbocycles. The van der Waals surface area contributed by atoms with Gasteiger partial charge in [0.05, 0.1) is 0 Å². The summed E-state index contributed by atoms with van der Waals surface area (Å²) in [5.41, 5.74) is -0.491. The van der Waals surface area contributed by atoms with E-state index in [-0.39, 0.29) is 24.0 Å². The van der Waals surface area contributed by atoms with Crippen molar-refractivity contribution >= 4 is 11.9 Å². The molecule has 4 heteroatoms. The molecule has 2 atom stereocenters. The first-order chi connectivity index (χ1) is 8.28. The Bertz CT molecular complexity index is 303. The minimum atomic E-state index is -0.491. The Balaban J connectivity index is 2.86. The summed E-state index contributed by atoms with van der Waals surface area (Å²) in [4.78, 5) is 25.7. The normalized spacial score (nSPS) is 25.2. The molecular formula is C14H25NO3. The molecule has 1 amide bonds. The average molecular weight is 255 g/mol. The fourth-order valence-electron chi connectivity index (χ4n) is 2.40. The molecule has 0 saturated carbocycles. The Kier molecular flexibility index (Phi) is 4.77. The minimum Gasteiger partial charge on any atom is -0.444 e. The number of rotatable bonds is 2. The van der Waals surface area contributed by atoms with Gasteiger partial charge in [0.2, 0.25) is 0 Å². The van der Waals surface area contributed by atoms with Gasteiger partial charge in [-0.05, 0) is 33.6 Å². The first-order valence-electron chi connectivity index (χ1n) is 6.81. The predicted octanol–water partition coefficient (Wildman–Crippen LogP) is 3.14.